The van der Waals surface area contributed by atoms with Gasteiger partial charge in [-0.05, 0) is 55.5 Å². The summed E-state index contributed by atoms with van der Waals surface area (Å²) in [5, 5.41) is 12.1. The maximum absolute atomic E-state index is 10.5. The molecule has 1 saturated heterocycles. The van der Waals surface area contributed by atoms with Gasteiger partial charge >= 0.3 is 6.09 Å². The summed E-state index contributed by atoms with van der Waals surface area (Å²) in [7, 11) is 1.67. The fourth-order valence-corrected chi connectivity index (χ4v) is 3.23. The molecule has 1 amide bonds. The summed E-state index contributed by atoms with van der Waals surface area (Å²) in [4.78, 5) is 17.6. The number of carboxylic acid groups (broad SMARTS) is 1. The number of amides is 1. The molecule has 2 heterocycles. The van der Waals surface area contributed by atoms with Crippen LogP contribution in [0.3, 0.4) is 0 Å². The summed E-state index contributed by atoms with van der Waals surface area (Å²) in [6, 6.07) is 10.1. The van der Waals surface area contributed by atoms with Crippen LogP contribution in [0.25, 0.3) is 10.9 Å². The first kappa shape index (κ1) is 16.4. The third kappa shape index (κ3) is 3.88. The van der Waals surface area contributed by atoms with E-state index in [1.54, 1.807) is 7.11 Å². The molecular formula is C18H23N3O3. The lowest BCUT2D eigenvalue weighted by molar-refractivity contribution is 0.193. The number of aromatic nitrogens is 1. The van der Waals surface area contributed by atoms with Crippen molar-refractivity contribution in [2.45, 2.75) is 19.3 Å². The second-order valence-corrected chi connectivity index (χ2v) is 6.18. The first-order valence-electron chi connectivity index (χ1n) is 8.32. The van der Waals surface area contributed by atoms with Crippen molar-refractivity contribution in [3.05, 3.63) is 30.3 Å². The quantitative estimate of drug-likeness (QED) is 0.881. The molecule has 1 aromatic carbocycles. The van der Waals surface area contributed by atoms with Gasteiger partial charge in [-0.25, -0.2) is 9.78 Å². The number of rotatable bonds is 5. The number of ether oxygens (including phenoxy) is 1. The number of hydrogen-bond donors (Lipinski definition) is 2. The van der Waals surface area contributed by atoms with Gasteiger partial charge in [0.25, 0.3) is 0 Å². The minimum atomic E-state index is -0.940. The minimum absolute atomic E-state index is 0.538. The third-order valence-corrected chi connectivity index (χ3v) is 4.65. The van der Waals surface area contributed by atoms with Crippen molar-refractivity contribution in [3.8, 4) is 5.75 Å². The van der Waals surface area contributed by atoms with Crippen molar-refractivity contribution in [1.29, 1.82) is 0 Å². The molecule has 1 aliphatic rings. The summed E-state index contributed by atoms with van der Waals surface area (Å²) < 4.78 is 5.25. The molecule has 0 bridgehead atoms. The first-order chi connectivity index (χ1) is 11.7. The van der Waals surface area contributed by atoms with Crippen molar-refractivity contribution in [2.24, 2.45) is 5.92 Å². The highest BCUT2D eigenvalue weighted by Gasteiger charge is 2.20. The molecule has 6 heteroatoms. The number of pyridine rings is 1. The van der Waals surface area contributed by atoms with Gasteiger partial charge in [-0.3, -0.25) is 0 Å². The van der Waals surface area contributed by atoms with Crippen LogP contribution in [0, 0.1) is 5.92 Å². The summed E-state index contributed by atoms with van der Waals surface area (Å²) >= 11 is 0. The van der Waals surface area contributed by atoms with Crippen LogP contribution in [0.5, 0.6) is 5.75 Å². The average Bonchev–Trinajstić information content (AvgIpc) is 2.61. The van der Waals surface area contributed by atoms with Crippen molar-refractivity contribution < 1.29 is 14.6 Å². The summed E-state index contributed by atoms with van der Waals surface area (Å²) in [5.41, 5.74) is 0.973. The zero-order chi connectivity index (χ0) is 16.9. The van der Waals surface area contributed by atoms with Gasteiger partial charge in [0, 0.05) is 25.0 Å². The molecule has 0 atom stereocenters. The predicted molar refractivity (Wildman–Crippen MR) is 93.9 cm³/mol. The Morgan fingerprint density at radius 3 is 2.83 bits per heavy atom. The zero-order valence-corrected chi connectivity index (χ0v) is 13.9. The number of methoxy groups -OCH3 is 1. The third-order valence-electron chi connectivity index (χ3n) is 4.65. The van der Waals surface area contributed by atoms with Crippen molar-refractivity contribution in [2.75, 3.05) is 31.6 Å². The van der Waals surface area contributed by atoms with Gasteiger partial charge in [0.1, 0.15) is 11.6 Å². The van der Waals surface area contributed by atoms with E-state index in [1.165, 1.54) is 0 Å². The molecule has 2 aromatic rings. The van der Waals surface area contributed by atoms with Crippen LogP contribution in [0.2, 0.25) is 0 Å². The molecule has 1 fully saturated rings. The van der Waals surface area contributed by atoms with Crippen LogP contribution >= 0.6 is 0 Å². The number of benzene rings is 1. The van der Waals surface area contributed by atoms with Crippen LogP contribution in [-0.4, -0.2) is 42.9 Å². The number of piperidine rings is 1. The van der Waals surface area contributed by atoms with Gasteiger partial charge in [0.15, 0.2) is 0 Å². The Morgan fingerprint density at radius 2 is 2.12 bits per heavy atom. The van der Waals surface area contributed by atoms with Crippen LogP contribution in [-0.2, 0) is 0 Å². The van der Waals surface area contributed by atoms with Crippen molar-refractivity contribution in [1.82, 2.24) is 10.3 Å². The van der Waals surface area contributed by atoms with Crippen LogP contribution < -0.4 is 15.0 Å². The maximum atomic E-state index is 10.5. The van der Waals surface area contributed by atoms with E-state index in [9.17, 15) is 4.79 Å². The molecule has 2 N–H and O–H groups in total. The second-order valence-electron chi connectivity index (χ2n) is 6.18. The van der Waals surface area contributed by atoms with E-state index in [4.69, 9.17) is 14.8 Å². The fraction of sp³-hybridized carbons (Fsp3) is 0.444. The second kappa shape index (κ2) is 7.38. The fourth-order valence-electron chi connectivity index (χ4n) is 3.23. The molecule has 6 nitrogen and oxygen atoms in total. The van der Waals surface area contributed by atoms with Crippen molar-refractivity contribution in [3.63, 3.8) is 0 Å². The molecule has 3 rings (SSSR count). The van der Waals surface area contributed by atoms with Gasteiger partial charge in [0.05, 0.1) is 12.6 Å². The van der Waals surface area contributed by atoms with Gasteiger partial charge in [0.2, 0.25) is 0 Å². The van der Waals surface area contributed by atoms with Crippen LogP contribution in [0.4, 0.5) is 10.6 Å². The Hall–Kier alpha value is -2.50. The lowest BCUT2D eigenvalue weighted by Crippen LogP contribution is -2.35. The highest BCUT2D eigenvalue weighted by Crippen LogP contribution is 2.26. The normalized spacial score (nSPS) is 15.5. The molecule has 1 aliphatic heterocycles. The van der Waals surface area contributed by atoms with E-state index in [2.05, 4.69) is 22.3 Å². The molecule has 0 radical (unpaired) electrons. The lowest BCUT2D eigenvalue weighted by atomic mass is 9.93. The molecule has 0 saturated carbocycles. The lowest BCUT2D eigenvalue weighted by Gasteiger charge is -2.33. The number of anilines is 1. The SMILES string of the molecule is COc1ccc2nc(N3CCC(CCNC(=O)O)CC3)ccc2c1. The van der Waals surface area contributed by atoms with Gasteiger partial charge < -0.3 is 20.1 Å². The number of hydrogen-bond acceptors (Lipinski definition) is 4. The van der Waals surface area contributed by atoms with Crippen LogP contribution in [0.1, 0.15) is 19.3 Å². The van der Waals surface area contributed by atoms with E-state index >= 15 is 0 Å². The molecule has 0 unspecified atom stereocenters. The summed E-state index contributed by atoms with van der Waals surface area (Å²) in [5.74, 6) is 2.43. The van der Waals surface area contributed by atoms with Crippen LogP contribution in [0.15, 0.2) is 30.3 Å². The monoisotopic (exact) mass is 329 g/mol. The first-order valence-corrected chi connectivity index (χ1v) is 8.32. The Bertz CT molecular complexity index is 712. The molecule has 128 valence electrons. The predicted octanol–water partition coefficient (Wildman–Crippen LogP) is 3.12. The molecule has 0 aliphatic carbocycles. The molecule has 1 aromatic heterocycles. The van der Waals surface area contributed by atoms with Gasteiger partial charge in [-0.1, -0.05) is 0 Å². The summed E-state index contributed by atoms with van der Waals surface area (Å²) in [6.45, 7) is 2.47. The number of nitrogens with one attached hydrogen (secondary N) is 1. The summed E-state index contributed by atoms with van der Waals surface area (Å²) in [6.07, 6.45) is 2.11. The average molecular weight is 329 g/mol. The smallest absolute Gasteiger partial charge is 0.404 e. The number of fused-ring (bicyclic) bond motifs is 1. The largest absolute Gasteiger partial charge is 0.497 e. The van der Waals surface area contributed by atoms with E-state index in [-0.39, 0.29) is 0 Å². The minimum Gasteiger partial charge on any atom is -0.497 e. The highest BCUT2D eigenvalue weighted by atomic mass is 16.5. The topological polar surface area (TPSA) is 74.7 Å². The van der Waals surface area contributed by atoms with Gasteiger partial charge in [-0.2, -0.15) is 0 Å². The Morgan fingerprint density at radius 1 is 1.33 bits per heavy atom. The molecular weight excluding hydrogens is 306 g/mol. The molecule has 24 heavy (non-hydrogen) atoms. The highest BCUT2D eigenvalue weighted by molar-refractivity contribution is 5.81. The standard InChI is InChI=1S/C18H23N3O3/c1-24-15-3-4-16-14(12-15)2-5-17(20-16)21-10-7-13(8-11-21)6-9-19-18(22)23/h2-5,12-13,19H,6-11H2,1H3,(H,22,23). The van der Waals surface area contributed by atoms with E-state index in [0.29, 0.717) is 12.5 Å². The van der Waals surface area contributed by atoms with Crippen molar-refractivity contribution >= 4 is 22.8 Å². The van der Waals surface area contributed by atoms with Gasteiger partial charge in [-0.15, -0.1) is 0 Å². The Balaban J connectivity index is 1.60. The Kier molecular flexibility index (Phi) is 5.03. The van der Waals surface area contributed by atoms with E-state index < -0.39 is 6.09 Å². The Labute approximate surface area is 141 Å². The van der Waals surface area contributed by atoms with E-state index in [1.807, 2.05) is 18.2 Å². The number of nitrogens with zero attached hydrogens (tertiary/aromatic N) is 2. The molecule has 0 spiro atoms. The number of carbonyl (C=O) groups is 1. The maximum Gasteiger partial charge on any atom is 0.404 e. The van der Waals surface area contributed by atoms with E-state index in [0.717, 1.165) is 54.8 Å². The zero-order valence-electron chi connectivity index (χ0n) is 13.9.